The van der Waals surface area contributed by atoms with E-state index in [1.807, 2.05) is 0 Å². The average Bonchev–Trinajstić information content (AvgIpc) is 2.70. The van der Waals surface area contributed by atoms with Crippen molar-refractivity contribution in [1.82, 2.24) is 4.90 Å². The number of nitrogens with zero attached hydrogens (tertiary/aromatic N) is 3. The third kappa shape index (κ3) is 4.21. The summed E-state index contributed by atoms with van der Waals surface area (Å²) >= 11 is 0. The number of dihydropyridines is 1. The molecular formula is C20H20F3N4O4+. The summed E-state index contributed by atoms with van der Waals surface area (Å²) in [5.41, 5.74) is -0.910. The molecule has 0 saturated carbocycles. The number of imide groups is 1. The minimum absolute atomic E-state index is 0.156. The van der Waals surface area contributed by atoms with Crippen molar-refractivity contribution in [3.63, 3.8) is 0 Å². The number of hydrogen-bond acceptors (Lipinski definition) is 5. The van der Waals surface area contributed by atoms with Crippen LogP contribution in [0.25, 0.3) is 0 Å². The molecule has 0 aliphatic carbocycles. The normalized spacial score (nSPS) is 19.0. The number of benzene rings is 1. The van der Waals surface area contributed by atoms with E-state index >= 15 is 0 Å². The number of carbonyl (C=O) groups is 3. The molecule has 0 radical (unpaired) electrons. The molecule has 31 heavy (non-hydrogen) atoms. The van der Waals surface area contributed by atoms with Crippen molar-refractivity contribution in [2.45, 2.75) is 20.0 Å². The topological polar surface area (TPSA) is 91.1 Å². The number of anilines is 1. The first-order valence-corrected chi connectivity index (χ1v) is 9.35. The maximum atomic E-state index is 13.2. The van der Waals surface area contributed by atoms with Crippen LogP contribution in [0.4, 0.5) is 23.7 Å². The second kappa shape index (κ2) is 8.32. The highest BCUT2D eigenvalue weighted by Crippen LogP contribution is 2.34. The van der Waals surface area contributed by atoms with E-state index in [4.69, 9.17) is 4.74 Å². The number of aliphatic imine (C=N–C) groups is 1. The molecule has 3 rings (SSSR count). The summed E-state index contributed by atoms with van der Waals surface area (Å²) in [7, 11) is 1.39. The summed E-state index contributed by atoms with van der Waals surface area (Å²) in [6.07, 6.45) is -3.20. The van der Waals surface area contributed by atoms with E-state index in [1.165, 1.54) is 25.4 Å². The molecule has 1 atom stereocenters. The van der Waals surface area contributed by atoms with Gasteiger partial charge in [-0.1, -0.05) is 12.1 Å². The maximum absolute atomic E-state index is 13.2. The lowest BCUT2D eigenvalue weighted by atomic mass is 9.96. The minimum atomic E-state index is -4.68. The van der Waals surface area contributed by atoms with Gasteiger partial charge < -0.3 is 10.1 Å². The first kappa shape index (κ1) is 22.2. The van der Waals surface area contributed by atoms with Gasteiger partial charge in [-0.3, -0.25) is 9.59 Å². The van der Waals surface area contributed by atoms with Gasteiger partial charge in [-0.05, 0) is 26.0 Å². The Morgan fingerprint density at radius 3 is 2.61 bits per heavy atom. The fourth-order valence-corrected chi connectivity index (χ4v) is 3.35. The Morgan fingerprint density at radius 2 is 1.97 bits per heavy atom. The highest BCUT2D eigenvalue weighted by atomic mass is 19.4. The number of para-hydroxylation sites is 1. The lowest BCUT2D eigenvalue weighted by molar-refractivity contribution is -0.408. The third-order valence-electron chi connectivity index (χ3n) is 4.78. The minimum Gasteiger partial charge on any atom is -0.496 e. The Morgan fingerprint density at radius 1 is 1.29 bits per heavy atom. The largest absolute Gasteiger partial charge is 0.496 e. The predicted molar refractivity (Wildman–Crippen MR) is 105 cm³/mol. The zero-order valence-corrected chi connectivity index (χ0v) is 17.0. The van der Waals surface area contributed by atoms with E-state index in [0.717, 1.165) is 16.7 Å². The second-order valence-corrected chi connectivity index (χ2v) is 6.89. The number of rotatable bonds is 5. The Hall–Kier alpha value is -3.50. The molecule has 4 amide bonds. The first-order valence-electron chi connectivity index (χ1n) is 9.35. The Bertz CT molecular complexity index is 1040. The van der Waals surface area contributed by atoms with Crippen molar-refractivity contribution in [3.05, 3.63) is 41.2 Å². The van der Waals surface area contributed by atoms with Crippen LogP contribution in [-0.2, 0) is 20.5 Å². The molecule has 1 aromatic carbocycles. The average molecular weight is 437 g/mol. The number of fused-ring (bicyclic) bond motifs is 1. The predicted octanol–water partition coefficient (Wildman–Crippen LogP) is 2.66. The second-order valence-electron chi connectivity index (χ2n) is 6.89. The number of hydrogen-bond donors (Lipinski definition) is 1. The number of ether oxygens (including phenoxy) is 1. The van der Waals surface area contributed by atoms with Gasteiger partial charge in [-0.2, -0.15) is 22.6 Å². The maximum Gasteiger partial charge on any atom is 0.446 e. The van der Waals surface area contributed by atoms with E-state index < -0.39 is 47.7 Å². The number of carbonyl (C=O) groups excluding carboxylic acids is 3. The Kier molecular flexibility index (Phi) is 5.96. The highest BCUT2D eigenvalue weighted by Gasteiger charge is 2.51. The lowest BCUT2D eigenvalue weighted by Crippen LogP contribution is -2.56. The van der Waals surface area contributed by atoms with Gasteiger partial charge in [0.25, 0.3) is 11.7 Å². The SMILES string of the molecule is CCOC1=C(C)C=NC2=[N+](C)C(=O)N(CC(=O)Nc3ccccc3C(F)(F)F)C(=O)C12. The number of allylic oxidation sites excluding steroid dienone is 1. The van der Waals surface area contributed by atoms with Crippen molar-refractivity contribution in [2.75, 3.05) is 25.5 Å². The van der Waals surface area contributed by atoms with Gasteiger partial charge in [0.2, 0.25) is 0 Å². The zero-order chi connectivity index (χ0) is 22.9. The molecule has 2 aliphatic heterocycles. The monoisotopic (exact) mass is 437 g/mol. The molecule has 8 nitrogen and oxygen atoms in total. The molecule has 1 aromatic rings. The molecule has 2 heterocycles. The van der Waals surface area contributed by atoms with Gasteiger partial charge in [0, 0.05) is 5.57 Å². The molecule has 0 saturated heterocycles. The smallest absolute Gasteiger partial charge is 0.446 e. The zero-order valence-electron chi connectivity index (χ0n) is 17.0. The number of alkyl halides is 3. The summed E-state index contributed by atoms with van der Waals surface area (Å²) in [5.74, 6) is -2.25. The van der Waals surface area contributed by atoms with Crippen LogP contribution in [0.1, 0.15) is 19.4 Å². The van der Waals surface area contributed by atoms with Crippen molar-refractivity contribution >= 4 is 35.6 Å². The molecule has 0 bridgehead atoms. The lowest BCUT2D eigenvalue weighted by Gasteiger charge is -2.29. The van der Waals surface area contributed by atoms with Gasteiger partial charge in [0.05, 0.1) is 24.9 Å². The van der Waals surface area contributed by atoms with Gasteiger partial charge in [0.1, 0.15) is 12.0 Å². The van der Waals surface area contributed by atoms with Crippen molar-refractivity contribution in [3.8, 4) is 0 Å². The van der Waals surface area contributed by atoms with Gasteiger partial charge in [-0.15, -0.1) is 4.99 Å². The third-order valence-corrected chi connectivity index (χ3v) is 4.78. The van der Waals surface area contributed by atoms with Crippen LogP contribution >= 0.6 is 0 Å². The molecule has 164 valence electrons. The molecule has 1 N–H and O–H groups in total. The number of urea groups is 1. The van der Waals surface area contributed by atoms with E-state index in [9.17, 15) is 27.6 Å². The van der Waals surface area contributed by atoms with E-state index in [-0.39, 0.29) is 12.4 Å². The quantitative estimate of drug-likeness (QED) is 0.717. The van der Waals surface area contributed by atoms with Gasteiger partial charge in [0.15, 0.2) is 12.5 Å². The van der Waals surface area contributed by atoms with Crippen LogP contribution in [0.15, 0.2) is 40.6 Å². The van der Waals surface area contributed by atoms with Crippen LogP contribution in [0.2, 0.25) is 0 Å². The van der Waals surface area contributed by atoms with E-state index in [0.29, 0.717) is 16.2 Å². The molecule has 1 unspecified atom stereocenters. The number of amides is 4. The van der Waals surface area contributed by atoms with Crippen LogP contribution in [0, 0.1) is 5.92 Å². The van der Waals surface area contributed by atoms with Gasteiger partial charge >= 0.3 is 18.1 Å². The number of nitrogens with one attached hydrogen (secondary N) is 1. The van der Waals surface area contributed by atoms with Gasteiger partial charge in [-0.25, -0.2) is 4.79 Å². The molecule has 0 aromatic heterocycles. The summed E-state index contributed by atoms with van der Waals surface area (Å²) in [4.78, 5) is 43.0. The first-order chi connectivity index (χ1) is 14.6. The van der Waals surface area contributed by atoms with Crippen molar-refractivity contribution in [1.29, 1.82) is 0 Å². The standard InChI is InChI=1S/C20H19F3N4O4/c1-4-31-16-11(2)9-24-17-15(16)18(29)27(19(30)26(17)3)10-14(28)25-13-8-6-5-7-12(13)20(21,22)23/h5-9,15H,4,10H2,1-3H3/p+1. The van der Waals surface area contributed by atoms with Crippen molar-refractivity contribution in [2.24, 2.45) is 10.9 Å². The number of amidine groups is 1. The van der Waals surface area contributed by atoms with E-state index in [2.05, 4.69) is 10.3 Å². The van der Waals surface area contributed by atoms with Crippen LogP contribution in [0.3, 0.4) is 0 Å². The fraction of sp³-hybridized carbons (Fsp3) is 0.350. The number of halogens is 3. The summed E-state index contributed by atoms with van der Waals surface area (Å²) in [6.45, 7) is 2.93. The fourth-order valence-electron chi connectivity index (χ4n) is 3.35. The Balaban J connectivity index is 1.87. The molecule has 11 heteroatoms. The van der Waals surface area contributed by atoms with Crippen LogP contribution < -0.4 is 5.32 Å². The Labute approximate surface area is 175 Å². The summed E-state index contributed by atoms with van der Waals surface area (Å²) < 4.78 is 46.2. The molecule has 2 aliphatic rings. The van der Waals surface area contributed by atoms with Crippen LogP contribution in [-0.4, -0.2) is 59.6 Å². The summed E-state index contributed by atoms with van der Waals surface area (Å²) in [5, 5.41) is 2.13. The molecule has 0 spiro atoms. The molecular weight excluding hydrogens is 417 g/mol. The van der Waals surface area contributed by atoms with E-state index in [1.54, 1.807) is 13.8 Å². The highest BCUT2D eigenvalue weighted by molar-refractivity contribution is 6.17. The van der Waals surface area contributed by atoms with Crippen molar-refractivity contribution < 1.29 is 36.9 Å². The van der Waals surface area contributed by atoms with Crippen LogP contribution in [0.5, 0.6) is 0 Å². The summed E-state index contributed by atoms with van der Waals surface area (Å²) in [6, 6.07) is 3.62. The molecule has 0 fully saturated rings.